The minimum atomic E-state index is -0.670. The zero-order valence-corrected chi connectivity index (χ0v) is 16.1. The molecule has 2 amide bonds. The summed E-state index contributed by atoms with van der Waals surface area (Å²) in [4.78, 5) is 38.1. The topological polar surface area (TPSA) is 75.7 Å². The molecular formula is C23H22N2O4. The minimum Gasteiger partial charge on any atom is -0.454 e. The summed E-state index contributed by atoms with van der Waals surface area (Å²) in [5.41, 5.74) is 1.22. The lowest BCUT2D eigenvalue weighted by Crippen LogP contribution is -2.36. The Kier molecular flexibility index (Phi) is 6.58. The average molecular weight is 390 g/mol. The molecule has 0 aliphatic heterocycles. The first-order valence-electron chi connectivity index (χ1n) is 9.37. The summed E-state index contributed by atoms with van der Waals surface area (Å²) in [6.07, 6.45) is 0. The summed E-state index contributed by atoms with van der Waals surface area (Å²) < 4.78 is 5.06. The van der Waals surface area contributed by atoms with Crippen molar-refractivity contribution in [3.05, 3.63) is 78.4 Å². The normalized spacial score (nSPS) is 10.4. The molecule has 0 aromatic heterocycles. The van der Waals surface area contributed by atoms with E-state index >= 15 is 0 Å². The molecule has 0 bridgehead atoms. The number of carbonyl (C=O) groups excluding carboxylic acids is 3. The number of hydrogen-bond acceptors (Lipinski definition) is 4. The summed E-state index contributed by atoms with van der Waals surface area (Å²) in [5.74, 6) is -1.37. The van der Waals surface area contributed by atoms with Gasteiger partial charge in [0, 0.05) is 17.5 Å². The molecule has 3 aromatic rings. The lowest BCUT2D eigenvalue weighted by atomic mass is 10.1. The van der Waals surface area contributed by atoms with Crippen molar-refractivity contribution in [2.75, 3.05) is 24.6 Å². The van der Waals surface area contributed by atoms with E-state index in [9.17, 15) is 14.4 Å². The quantitative estimate of drug-likeness (QED) is 0.629. The molecule has 0 spiro atoms. The molecule has 0 unspecified atom stereocenters. The molecule has 0 atom stereocenters. The smallest absolute Gasteiger partial charge is 0.325 e. The molecule has 6 heteroatoms. The fraction of sp³-hybridized carbons (Fsp3) is 0.174. The molecule has 0 aliphatic rings. The molecule has 0 fully saturated rings. The molecule has 0 saturated carbocycles. The third-order valence-corrected chi connectivity index (χ3v) is 4.46. The van der Waals surface area contributed by atoms with Crippen LogP contribution in [0, 0.1) is 0 Å². The second-order valence-electron chi connectivity index (χ2n) is 6.35. The van der Waals surface area contributed by atoms with Crippen LogP contribution in [-0.2, 0) is 14.3 Å². The Morgan fingerprint density at radius 1 is 0.897 bits per heavy atom. The van der Waals surface area contributed by atoms with Gasteiger partial charge in [0.25, 0.3) is 11.8 Å². The van der Waals surface area contributed by atoms with Crippen LogP contribution in [-0.4, -0.2) is 37.5 Å². The molecule has 3 aromatic carbocycles. The van der Waals surface area contributed by atoms with Gasteiger partial charge in [-0.3, -0.25) is 14.4 Å². The monoisotopic (exact) mass is 390 g/mol. The van der Waals surface area contributed by atoms with Crippen LogP contribution >= 0.6 is 0 Å². The second-order valence-corrected chi connectivity index (χ2v) is 6.35. The number of likely N-dealkylation sites (N-methyl/N-ethyl adjacent to an activating group) is 1. The lowest BCUT2D eigenvalue weighted by Gasteiger charge is -2.22. The summed E-state index contributed by atoms with van der Waals surface area (Å²) >= 11 is 0. The maximum atomic E-state index is 12.6. The summed E-state index contributed by atoms with van der Waals surface area (Å²) in [7, 11) is 0. The van der Waals surface area contributed by atoms with Gasteiger partial charge in [-0.1, -0.05) is 54.6 Å². The highest BCUT2D eigenvalue weighted by atomic mass is 16.5. The van der Waals surface area contributed by atoms with E-state index < -0.39 is 12.6 Å². The van der Waals surface area contributed by atoms with E-state index in [0.29, 0.717) is 12.1 Å². The fourth-order valence-corrected chi connectivity index (χ4v) is 3.04. The van der Waals surface area contributed by atoms with Crippen LogP contribution in [0.1, 0.15) is 17.3 Å². The Balaban J connectivity index is 1.57. The van der Waals surface area contributed by atoms with Crippen molar-refractivity contribution in [3.8, 4) is 0 Å². The van der Waals surface area contributed by atoms with E-state index in [2.05, 4.69) is 5.32 Å². The maximum absolute atomic E-state index is 12.6. The number of anilines is 1. The Bertz CT molecular complexity index is 1010. The fourth-order valence-electron chi connectivity index (χ4n) is 3.04. The van der Waals surface area contributed by atoms with Crippen molar-refractivity contribution in [2.24, 2.45) is 0 Å². The number of nitrogens with one attached hydrogen (secondary N) is 1. The molecule has 1 N–H and O–H groups in total. The van der Waals surface area contributed by atoms with Gasteiger partial charge < -0.3 is 15.0 Å². The molecular weight excluding hydrogens is 368 g/mol. The number of carbonyl (C=O) groups is 3. The predicted molar refractivity (Wildman–Crippen MR) is 112 cm³/mol. The largest absolute Gasteiger partial charge is 0.454 e. The first kappa shape index (κ1) is 20.1. The summed E-state index contributed by atoms with van der Waals surface area (Å²) in [5, 5.41) is 4.46. The van der Waals surface area contributed by atoms with Crippen LogP contribution in [0.4, 0.5) is 5.69 Å². The number of nitrogens with zero attached hydrogens (tertiary/aromatic N) is 1. The highest BCUT2D eigenvalue weighted by molar-refractivity contribution is 6.04. The number of benzene rings is 3. The first-order valence-corrected chi connectivity index (χ1v) is 9.37. The van der Waals surface area contributed by atoms with Crippen LogP contribution < -0.4 is 10.2 Å². The Morgan fingerprint density at radius 2 is 1.59 bits per heavy atom. The highest BCUT2D eigenvalue weighted by Gasteiger charge is 2.18. The molecule has 3 rings (SSSR count). The number of amides is 2. The van der Waals surface area contributed by atoms with Crippen molar-refractivity contribution in [1.29, 1.82) is 0 Å². The van der Waals surface area contributed by atoms with E-state index in [1.54, 1.807) is 35.2 Å². The van der Waals surface area contributed by atoms with Gasteiger partial charge in [0.05, 0.1) is 5.69 Å². The van der Waals surface area contributed by atoms with E-state index in [0.717, 1.165) is 16.5 Å². The van der Waals surface area contributed by atoms with Crippen molar-refractivity contribution in [3.63, 3.8) is 0 Å². The van der Waals surface area contributed by atoms with Crippen molar-refractivity contribution in [2.45, 2.75) is 6.92 Å². The molecule has 148 valence electrons. The second kappa shape index (κ2) is 9.50. The highest BCUT2D eigenvalue weighted by Crippen LogP contribution is 2.26. The SMILES string of the molecule is CCN(C(=O)COC(=O)CNC(=O)c1ccccc1)c1cccc2ccccc12. The number of ether oxygens (including phenoxy) is 1. The van der Waals surface area contributed by atoms with Crippen LogP contribution in [0.3, 0.4) is 0 Å². The molecule has 29 heavy (non-hydrogen) atoms. The Morgan fingerprint density at radius 3 is 2.34 bits per heavy atom. The van der Waals surface area contributed by atoms with Gasteiger partial charge >= 0.3 is 5.97 Å². The van der Waals surface area contributed by atoms with Gasteiger partial charge in [-0.25, -0.2) is 0 Å². The van der Waals surface area contributed by atoms with Crippen molar-refractivity contribution >= 4 is 34.2 Å². The van der Waals surface area contributed by atoms with E-state index in [-0.39, 0.29) is 18.4 Å². The van der Waals surface area contributed by atoms with Gasteiger partial charge in [0.1, 0.15) is 6.54 Å². The Labute approximate surface area is 169 Å². The molecule has 0 heterocycles. The van der Waals surface area contributed by atoms with Crippen LogP contribution in [0.15, 0.2) is 72.8 Å². The lowest BCUT2D eigenvalue weighted by molar-refractivity contribution is -0.146. The van der Waals surface area contributed by atoms with E-state index in [1.165, 1.54) is 0 Å². The van der Waals surface area contributed by atoms with Crippen LogP contribution in [0.25, 0.3) is 10.8 Å². The first-order chi connectivity index (χ1) is 14.1. The molecule has 0 aliphatic carbocycles. The van der Waals surface area contributed by atoms with Crippen LogP contribution in [0.5, 0.6) is 0 Å². The Hall–Kier alpha value is -3.67. The van der Waals surface area contributed by atoms with Gasteiger partial charge in [-0.05, 0) is 30.5 Å². The van der Waals surface area contributed by atoms with E-state index in [4.69, 9.17) is 4.74 Å². The predicted octanol–water partition coefficient (Wildman–Crippen LogP) is 3.17. The third kappa shape index (κ3) is 4.99. The van der Waals surface area contributed by atoms with Crippen LogP contribution in [0.2, 0.25) is 0 Å². The summed E-state index contributed by atoms with van der Waals surface area (Å²) in [6, 6.07) is 22.1. The van der Waals surface area contributed by atoms with E-state index in [1.807, 2.05) is 49.4 Å². The molecule has 6 nitrogen and oxygen atoms in total. The van der Waals surface area contributed by atoms with Crippen molar-refractivity contribution < 1.29 is 19.1 Å². The number of esters is 1. The zero-order chi connectivity index (χ0) is 20.6. The third-order valence-electron chi connectivity index (χ3n) is 4.46. The minimum absolute atomic E-state index is 0.304. The number of fused-ring (bicyclic) bond motifs is 1. The number of hydrogen-bond donors (Lipinski definition) is 1. The summed E-state index contributed by atoms with van der Waals surface area (Å²) in [6.45, 7) is 1.61. The van der Waals surface area contributed by atoms with Gasteiger partial charge in [0.15, 0.2) is 6.61 Å². The number of rotatable bonds is 7. The van der Waals surface area contributed by atoms with Crippen molar-refractivity contribution in [1.82, 2.24) is 5.32 Å². The maximum Gasteiger partial charge on any atom is 0.325 e. The van der Waals surface area contributed by atoms with Gasteiger partial charge in [0.2, 0.25) is 0 Å². The average Bonchev–Trinajstić information content (AvgIpc) is 2.77. The van der Waals surface area contributed by atoms with Gasteiger partial charge in [-0.15, -0.1) is 0 Å². The molecule has 0 radical (unpaired) electrons. The zero-order valence-electron chi connectivity index (χ0n) is 16.1. The standard InChI is InChI=1S/C23H22N2O4/c1-2-25(20-14-8-12-17-9-6-7-13-19(17)20)21(26)16-29-22(27)15-24-23(28)18-10-4-3-5-11-18/h3-14H,2,15-16H2,1H3,(H,24,28). The molecule has 0 saturated heterocycles. The van der Waals surface area contributed by atoms with Gasteiger partial charge in [-0.2, -0.15) is 0 Å².